The van der Waals surface area contributed by atoms with E-state index in [9.17, 15) is 5.26 Å². The van der Waals surface area contributed by atoms with Gasteiger partial charge in [0.15, 0.2) is 5.82 Å². The summed E-state index contributed by atoms with van der Waals surface area (Å²) in [4.78, 5) is 0. The van der Waals surface area contributed by atoms with Gasteiger partial charge in [-0.05, 0) is 30.7 Å². The first-order chi connectivity index (χ1) is 9.17. The van der Waals surface area contributed by atoms with Crippen molar-refractivity contribution in [2.45, 2.75) is 40.0 Å². The Morgan fingerprint density at radius 3 is 2.58 bits per heavy atom. The summed E-state index contributed by atoms with van der Waals surface area (Å²) < 4.78 is 0. The minimum Gasteiger partial charge on any atom is -0.396 e. The molecule has 104 valence electrons. The second kappa shape index (κ2) is 7.70. The van der Waals surface area contributed by atoms with Crippen LogP contribution in [-0.2, 0) is 12.8 Å². The van der Waals surface area contributed by atoms with Gasteiger partial charge in [0, 0.05) is 13.2 Å². The monoisotopic (exact) mass is 262 g/mol. The molecule has 0 aliphatic rings. The summed E-state index contributed by atoms with van der Waals surface area (Å²) >= 11 is 0. The smallest absolute Gasteiger partial charge is 0.166 e. The molecule has 1 aromatic rings. The van der Waals surface area contributed by atoms with E-state index >= 15 is 0 Å². The molecule has 0 aliphatic carbocycles. The van der Waals surface area contributed by atoms with Gasteiger partial charge in [-0.3, -0.25) is 0 Å². The Labute approximate surface area is 114 Å². The Hall–Kier alpha value is -1.67. The van der Waals surface area contributed by atoms with Crippen molar-refractivity contribution in [3.63, 3.8) is 0 Å². The van der Waals surface area contributed by atoms with Crippen LogP contribution in [0.5, 0.6) is 0 Å². The molecule has 1 heterocycles. The fraction of sp³-hybridized carbons (Fsp3) is 0.643. The van der Waals surface area contributed by atoms with E-state index in [0.717, 1.165) is 30.5 Å². The Balaban J connectivity index is 2.93. The normalized spacial score (nSPS) is 11.9. The molecule has 0 fully saturated rings. The van der Waals surface area contributed by atoms with Crippen LogP contribution >= 0.6 is 0 Å². The Morgan fingerprint density at radius 2 is 2.05 bits per heavy atom. The van der Waals surface area contributed by atoms with E-state index in [4.69, 9.17) is 5.11 Å². The predicted molar refractivity (Wildman–Crippen MR) is 74.9 cm³/mol. The fourth-order valence-corrected chi connectivity index (χ4v) is 2.01. The van der Waals surface area contributed by atoms with Crippen molar-refractivity contribution in [3.8, 4) is 6.07 Å². The summed E-state index contributed by atoms with van der Waals surface area (Å²) in [6.07, 6.45) is 2.30. The highest BCUT2D eigenvalue weighted by atomic mass is 16.3. The van der Waals surface area contributed by atoms with Crippen LogP contribution < -0.4 is 5.32 Å². The molecule has 0 amide bonds. The molecule has 2 N–H and O–H groups in total. The zero-order chi connectivity index (χ0) is 14.3. The number of hydrogen-bond donors (Lipinski definition) is 2. The quantitative estimate of drug-likeness (QED) is 0.784. The first-order valence-corrected chi connectivity index (χ1v) is 6.81. The number of aliphatic hydroxyl groups is 1. The lowest BCUT2D eigenvalue weighted by Gasteiger charge is -2.14. The van der Waals surface area contributed by atoms with Crippen LogP contribution in [0.3, 0.4) is 0 Å². The van der Waals surface area contributed by atoms with Crippen LogP contribution in [0.15, 0.2) is 0 Å². The highest BCUT2D eigenvalue weighted by Crippen LogP contribution is 2.20. The van der Waals surface area contributed by atoms with Gasteiger partial charge >= 0.3 is 0 Å². The molecule has 0 spiro atoms. The molecule has 5 nitrogen and oxygen atoms in total. The Morgan fingerprint density at radius 1 is 1.32 bits per heavy atom. The molecular weight excluding hydrogens is 240 g/mol. The first-order valence-electron chi connectivity index (χ1n) is 6.81. The predicted octanol–water partition coefficient (Wildman–Crippen LogP) is 1.90. The lowest BCUT2D eigenvalue weighted by molar-refractivity contribution is 0.266. The van der Waals surface area contributed by atoms with E-state index in [0.29, 0.717) is 23.8 Å². The minimum absolute atomic E-state index is 0.175. The van der Waals surface area contributed by atoms with Crippen LogP contribution in [0.25, 0.3) is 0 Å². The largest absolute Gasteiger partial charge is 0.396 e. The lowest BCUT2D eigenvalue weighted by Crippen LogP contribution is -2.16. The zero-order valence-corrected chi connectivity index (χ0v) is 11.9. The average Bonchev–Trinajstić information content (AvgIpc) is 2.43. The van der Waals surface area contributed by atoms with Crippen molar-refractivity contribution >= 4 is 5.82 Å². The second-order valence-corrected chi connectivity index (χ2v) is 4.67. The number of hydrogen-bond acceptors (Lipinski definition) is 5. The summed E-state index contributed by atoms with van der Waals surface area (Å²) in [5, 5.41) is 29.7. The van der Waals surface area contributed by atoms with Crippen LogP contribution in [0.2, 0.25) is 0 Å². The van der Waals surface area contributed by atoms with Crippen molar-refractivity contribution in [1.82, 2.24) is 10.2 Å². The van der Waals surface area contributed by atoms with Gasteiger partial charge in [-0.15, -0.1) is 5.10 Å². The molecule has 0 aromatic carbocycles. The van der Waals surface area contributed by atoms with Gasteiger partial charge < -0.3 is 10.4 Å². The second-order valence-electron chi connectivity index (χ2n) is 4.67. The number of anilines is 1. The van der Waals surface area contributed by atoms with Crippen molar-refractivity contribution in [1.29, 1.82) is 5.26 Å². The van der Waals surface area contributed by atoms with Gasteiger partial charge in [0.2, 0.25) is 0 Å². The average molecular weight is 262 g/mol. The maximum Gasteiger partial charge on any atom is 0.166 e. The number of nitrogens with zero attached hydrogens (tertiary/aromatic N) is 3. The third kappa shape index (κ3) is 3.90. The molecule has 1 aromatic heterocycles. The topological polar surface area (TPSA) is 81.8 Å². The van der Waals surface area contributed by atoms with Gasteiger partial charge in [0.1, 0.15) is 11.6 Å². The summed E-state index contributed by atoms with van der Waals surface area (Å²) in [6, 6.07) is 2.23. The highest BCUT2D eigenvalue weighted by Gasteiger charge is 2.14. The zero-order valence-electron chi connectivity index (χ0n) is 11.9. The van der Waals surface area contributed by atoms with Crippen LogP contribution in [-0.4, -0.2) is 28.5 Å². The minimum atomic E-state index is 0.175. The van der Waals surface area contributed by atoms with Gasteiger partial charge in [0.25, 0.3) is 0 Å². The van der Waals surface area contributed by atoms with Gasteiger partial charge in [-0.2, -0.15) is 10.4 Å². The molecule has 0 saturated heterocycles. The van der Waals surface area contributed by atoms with Crippen molar-refractivity contribution < 1.29 is 5.11 Å². The summed E-state index contributed by atoms with van der Waals surface area (Å²) in [6.45, 7) is 6.94. The molecule has 1 atom stereocenters. The standard InChI is InChI=1S/C14H22N4O/c1-4-11-12(8-15)14(18-17-13(11)5-2)16-9-10(3)6-7-19/h10,19H,4-7,9H2,1-3H3,(H,16,18). The SMILES string of the molecule is CCc1nnc(NCC(C)CCO)c(C#N)c1CC. The Kier molecular flexibility index (Phi) is 6.23. The maximum atomic E-state index is 9.32. The van der Waals surface area contributed by atoms with Gasteiger partial charge in [-0.1, -0.05) is 20.8 Å². The van der Waals surface area contributed by atoms with Crippen molar-refractivity contribution in [2.24, 2.45) is 5.92 Å². The van der Waals surface area contributed by atoms with Gasteiger partial charge in [-0.25, -0.2) is 0 Å². The molecule has 1 unspecified atom stereocenters. The number of nitrogens with one attached hydrogen (secondary N) is 1. The number of aliphatic hydroxyl groups excluding tert-OH is 1. The highest BCUT2D eigenvalue weighted by molar-refractivity contribution is 5.56. The van der Waals surface area contributed by atoms with Crippen molar-refractivity contribution in [3.05, 3.63) is 16.8 Å². The molecule has 1 rings (SSSR count). The maximum absolute atomic E-state index is 9.32. The Bertz CT molecular complexity index is 453. The van der Waals surface area contributed by atoms with E-state index in [1.807, 2.05) is 20.8 Å². The van der Waals surface area contributed by atoms with Crippen molar-refractivity contribution in [2.75, 3.05) is 18.5 Å². The van der Waals surface area contributed by atoms with Crippen LogP contribution in [0, 0.1) is 17.2 Å². The molecule has 0 saturated carbocycles. The summed E-state index contributed by atoms with van der Waals surface area (Å²) in [7, 11) is 0. The summed E-state index contributed by atoms with van der Waals surface area (Å²) in [5.41, 5.74) is 2.48. The van der Waals surface area contributed by atoms with Gasteiger partial charge in [0.05, 0.1) is 5.69 Å². The van der Waals surface area contributed by atoms with E-state index in [-0.39, 0.29) is 6.61 Å². The molecular formula is C14H22N4O. The van der Waals surface area contributed by atoms with E-state index in [1.54, 1.807) is 0 Å². The molecule has 0 aliphatic heterocycles. The van der Waals surface area contributed by atoms with E-state index in [2.05, 4.69) is 21.6 Å². The lowest BCUT2D eigenvalue weighted by atomic mass is 10.0. The fourth-order valence-electron chi connectivity index (χ4n) is 2.01. The van der Waals surface area contributed by atoms with Crippen LogP contribution in [0.4, 0.5) is 5.82 Å². The molecule has 5 heteroatoms. The molecule has 0 radical (unpaired) electrons. The number of aromatic nitrogens is 2. The van der Waals surface area contributed by atoms with E-state index in [1.165, 1.54) is 0 Å². The number of rotatable bonds is 7. The first kappa shape index (κ1) is 15.4. The van der Waals surface area contributed by atoms with Crippen LogP contribution in [0.1, 0.15) is 44.0 Å². The third-order valence-corrected chi connectivity index (χ3v) is 3.20. The number of nitriles is 1. The summed E-state index contributed by atoms with van der Waals surface area (Å²) in [5.74, 6) is 0.885. The molecule has 0 bridgehead atoms. The molecule has 19 heavy (non-hydrogen) atoms. The number of aryl methyl sites for hydroxylation is 1. The third-order valence-electron chi connectivity index (χ3n) is 3.20. The van der Waals surface area contributed by atoms with E-state index < -0.39 is 0 Å².